The molecular formula is C43H59N3O8. The van der Waals surface area contributed by atoms with Gasteiger partial charge in [-0.15, -0.1) is 0 Å². The zero-order chi connectivity index (χ0) is 38.8. The molecule has 2 aliphatic carbocycles. The molecule has 0 spiro atoms. The van der Waals surface area contributed by atoms with Crippen LogP contribution in [-0.4, -0.2) is 91.9 Å². The van der Waals surface area contributed by atoms with E-state index in [-0.39, 0.29) is 48.8 Å². The van der Waals surface area contributed by atoms with Gasteiger partial charge in [0.25, 0.3) is 5.91 Å². The van der Waals surface area contributed by atoms with Crippen LogP contribution in [0.25, 0.3) is 0 Å². The molecule has 2 aliphatic heterocycles. The maximum atomic E-state index is 14.7. The first-order chi connectivity index (χ1) is 25.7. The van der Waals surface area contributed by atoms with Crippen molar-refractivity contribution in [2.45, 2.75) is 122 Å². The van der Waals surface area contributed by atoms with Crippen molar-refractivity contribution in [3.8, 4) is 5.75 Å². The van der Waals surface area contributed by atoms with E-state index < -0.39 is 29.1 Å². The molecule has 54 heavy (non-hydrogen) atoms. The number of fused-ring (bicyclic) bond motifs is 2. The summed E-state index contributed by atoms with van der Waals surface area (Å²) >= 11 is 0. The summed E-state index contributed by atoms with van der Waals surface area (Å²) in [5.74, 6) is -0.489. The van der Waals surface area contributed by atoms with Crippen LogP contribution in [0, 0.1) is 11.8 Å². The van der Waals surface area contributed by atoms with Crippen LogP contribution in [0.15, 0.2) is 42.5 Å². The fourth-order valence-corrected chi connectivity index (χ4v) is 8.40. The zero-order valence-electron chi connectivity index (χ0n) is 33.2. The van der Waals surface area contributed by atoms with Crippen LogP contribution in [0.5, 0.6) is 5.75 Å². The largest absolute Gasteiger partial charge is 0.476 e. The third kappa shape index (κ3) is 8.94. The molecule has 2 heterocycles. The van der Waals surface area contributed by atoms with Crippen molar-refractivity contribution in [3.63, 3.8) is 0 Å². The Bertz CT molecular complexity index is 1700. The van der Waals surface area contributed by atoms with E-state index in [9.17, 15) is 19.2 Å². The average Bonchev–Trinajstić information content (AvgIpc) is 3.90. The number of likely N-dealkylation sites (tertiary alicyclic amines) is 1. The molecular weight excluding hydrogens is 686 g/mol. The number of ketones is 1. The molecule has 2 aromatic carbocycles. The topological polar surface area (TPSA) is 115 Å². The number of carbonyl (C=O) groups is 4. The Morgan fingerprint density at radius 2 is 1.76 bits per heavy atom. The van der Waals surface area contributed by atoms with E-state index in [1.807, 2.05) is 50.8 Å². The number of hydrogen-bond acceptors (Lipinski definition) is 8. The Balaban J connectivity index is 1.21. The number of rotatable bonds is 14. The minimum atomic E-state index is -1.03. The summed E-state index contributed by atoms with van der Waals surface area (Å²) in [4.78, 5) is 60.9. The lowest BCUT2D eigenvalue weighted by Gasteiger charge is -2.40. The monoisotopic (exact) mass is 745 g/mol. The number of methoxy groups -OCH3 is 1. The number of carbonyl (C=O) groups excluding carboxylic acids is 4. The number of Topliss-reactive ketones (excluding diaryl/α,β-unsaturated/α-hetero) is 1. The quantitative estimate of drug-likeness (QED) is 0.189. The molecule has 3 amide bonds. The summed E-state index contributed by atoms with van der Waals surface area (Å²) in [6, 6.07) is 14.1. The molecule has 4 atom stereocenters. The van der Waals surface area contributed by atoms with Crippen molar-refractivity contribution < 1.29 is 38.1 Å². The average molecular weight is 746 g/mol. The zero-order valence-corrected chi connectivity index (χ0v) is 33.2. The maximum absolute atomic E-state index is 14.7. The molecule has 0 bridgehead atoms. The van der Waals surface area contributed by atoms with Crippen molar-refractivity contribution in [2.75, 3.05) is 49.8 Å². The second-order valence-corrected chi connectivity index (χ2v) is 16.9. The molecule has 2 fully saturated rings. The van der Waals surface area contributed by atoms with E-state index in [4.69, 9.17) is 18.9 Å². The Labute approximate surface area is 320 Å². The molecule has 0 radical (unpaired) electrons. The van der Waals surface area contributed by atoms with E-state index >= 15 is 0 Å². The Morgan fingerprint density at radius 1 is 1.02 bits per heavy atom. The van der Waals surface area contributed by atoms with Gasteiger partial charge in [-0.1, -0.05) is 24.3 Å². The van der Waals surface area contributed by atoms with Crippen LogP contribution in [0.1, 0.15) is 104 Å². The van der Waals surface area contributed by atoms with Gasteiger partial charge in [0.15, 0.2) is 5.60 Å². The van der Waals surface area contributed by atoms with Crippen LogP contribution in [0.3, 0.4) is 0 Å². The number of nitrogens with zero attached hydrogens (tertiary/aromatic N) is 3. The van der Waals surface area contributed by atoms with Gasteiger partial charge < -0.3 is 33.6 Å². The minimum Gasteiger partial charge on any atom is -0.476 e. The number of piperidine rings is 1. The molecule has 6 rings (SSSR count). The standard InChI is InChI=1S/C43H59N3O8/c1-8-52-38-24-28-13-9-10-14-33(28)34(38)15-11-16-36(47)29-23-30(27-44(26-29)41(50)54-42(2,3)4)39(48)46(31-17-18-31)32-19-20-37-35(25-32)45(21-12-22-51-7)40(49)43(5,6)53-37/h9-10,13-14,19-20,25,29-31,34,38H,8,11-12,15-18,21-24,26-27H2,1-7H3/t29-,30+,34+,38-/m0/s1. The number of hydrogen-bond donors (Lipinski definition) is 0. The fourth-order valence-electron chi connectivity index (χ4n) is 8.40. The summed E-state index contributed by atoms with van der Waals surface area (Å²) in [5.41, 5.74) is 2.16. The molecule has 2 aromatic rings. The van der Waals surface area contributed by atoms with Crippen LogP contribution in [-0.2, 0) is 35.0 Å². The molecule has 4 aliphatic rings. The van der Waals surface area contributed by atoms with Gasteiger partial charge in [0.05, 0.1) is 17.7 Å². The van der Waals surface area contributed by atoms with Gasteiger partial charge in [-0.05, 0) is 116 Å². The van der Waals surface area contributed by atoms with Crippen molar-refractivity contribution in [3.05, 3.63) is 53.6 Å². The van der Waals surface area contributed by atoms with E-state index in [1.165, 1.54) is 11.1 Å². The van der Waals surface area contributed by atoms with E-state index in [1.54, 1.807) is 30.8 Å². The van der Waals surface area contributed by atoms with Gasteiger partial charge in [-0.2, -0.15) is 0 Å². The smallest absolute Gasteiger partial charge is 0.410 e. The summed E-state index contributed by atoms with van der Waals surface area (Å²) in [7, 11) is 1.64. The third-order valence-electron chi connectivity index (χ3n) is 11.1. The van der Waals surface area contributed by atoms with Gasteiger partial charge in [0, 0.05) is 69.9 Å². The lowest BCUT2D eigenvalue weighted by molar-refractivity contribution is -0.132. The van der Waals surface area contributed by atoms with E-state index in [0.29, 0.717) is 62.6 Å². The Kier molecular flexibility index (Phi) is 12.1. The van der Waals surface area contributed by atoms with Gasteiger partial charge in [-0.3, -0.25) is 14.4 Å². The van der Waals surface area contributed by atoms with Crippen molar-refractivity contribution in [1.29, 1.82) is 0 Å². The molecule has 294 valence electrons. The second kappa shape index (κ2) is 16.4. The fraction of sp³-hybridized carbons (Fsp3) is 0.628. The first-order valence-corrected chi connectivity index (χ1v) is 19.9. The summed E-state index contributed by atoms with van der Waals surface area (Å²) in [5, 5.41) is 0. The van der Waals surface area contributed by atoms with Gasteiger partial charge >= 0.3 is 6.09 Å². The van der Waals surface area contributed by atoms with Crippen molar-refractivity contribution in [2.24, 2.45) is 11.8 Å². The first kappa shape index (κ1) is 39.7. The van der Waals surface area contributed by atoms with Crippen LogP contribution < -0.4 is 14.5 Å². The first-order valence-electron chi connectivity index (χ1n) is 19.9. The minimum absolute atomic E-state index is 0.00669. The molecule has 0 aromatic heterocycles. The van der Waals surface area contributed by atoms with E-state index in [2.05, 4.69) is 24.3 Å². The van der Waals surface area contributed by atoms with E-state index in [0.717, 1.165) is 25.7 Å². The highest BCUT2D eigenvalue weighted by atomic mass is 16.6. The second-order valence-electron chi connectivity index (χ2n) is 16.9. The number of ether oxygens (including phenoxy) is 4. The molecule has 11 heteroatoms. The lowest BCUT2D eigenvalue weighted by Crippen LogP contribution is -2.53. The van der Waals surface area contributed by atoms with Crippen molar-refractivity contribution in [1.82, 2.24) is 4.90 Å². The SMILES string of the molecule is CCO[C@H]1Cc2ccccc2[C@H]1CCCC(=O)[C@H]1C[C@@H](C(=O)N(c2ccc3c(c2)N(CCCOC)C(=O)C(C)(C)O3)C2CC2)CN(C(=O)OC(C)(C)C)C1. The number of anilines is 2. The predicted molar refractivity (Wildman–Crippen MR) is 207 cm³/mol. The summed E-state index contributed by atoms with van der Waals surface area (Å²) in [6.07, 6.45) is 5.07. The number of benzene rings is 2. The highest BCUT2D eigenvalue weighted by molar-refractivity contribution is 6.04. The van der Waals surface area contributed by atoms with Crippen LogP contribution >= 0.6 is 0 Å². The highest BCUT2D eigenvalue weighted by Gasteiger charge is 2.45. The Morgan fingerprint density at radius 3 is 2.46 bits per heavy atom. The van der Waals surface area contributed by atoms with Gasteiger partial charge in [0.2, 0.25) is 5.91 Å². The van der Waals surface area contributed by atoms with Gasteiger partial charge in [0.1, 0.15) is 17.1 Å². The molecule has 1 saturated heterocycles. The van der Waals surface area contributed by atoms with Crippen LogP contribution in [0.4, 0.5) is 16.2 Å². The molecule has 0 N–H and O–H groups in total. The highest BCUT2D eigenvalue weighted by Crippen LogP contribution is 2.44. The van der Waals surface area contributed by atoms with Crippen molar-refractivity contribution >= 4 is 35.1 Å². The summed E-state index contributed by atoms with van der Waals surface area (Å²) in [6.45, 7) is 13.0. The number of amides is 3. The summed E-state index contributed by atoms with van der Waals surface area (Å²) < 4.78 is 23.3. The third-order valence-corrected chi connectivity index (χ3v) is 11.1. The normalized spacial score (nSPS) is 23.4. The Hall–Kier alpha value is -3.96. The molecule has 0 unspecified atom stereocenters. The van der Waals surface area contributed by atoms with Crippen LogP contribution in [0.2, 0.25) is 0 Å². The van der Waals surface area contributed by atoms with Gasteiger partial charge in [-0.25, -0.2) is 4.79 Å². The molecule has 11 nitrogen and oxygen atoms in total. The predicted octanol–water partition coefficient (Wildman–Crippen LogP) is 7.08. The lowest BCUT2D eigenvalue weighted by atomic mass is 9.83. The molecule has 1 saturated carbocycles. The maximum Gasteiger partial charge on any atom is 0.410 e.